The largest absolute Gasteiger partial charge is 0.303 e. The molecule has 1 rings (SSSR count). The van der Waals surface area contributed by atoms with Gasteiger partial charge in [0.25, 0.3) is 5.92 Å². The highest BCUT2D eigenvalue weighted by molar-refractivity contribution is 5.51. The lowest BCUT2D eigenvalue weighted by atomic mass is 10.3. The van der Waals surface area contributed by atoms with Crippen LogP contribution in [0.3, 0.4) is 0 Å². The second-order valence-electron chi connectivity index (χ2n) is 2.06. The third kappa shape index (κ3) is 0.854. The van der Waals surface area contributed by atoms with Gasteiger partial charge in [-0.3, -0.25) is 0 Å². The second-order valence-corrected chi connectivity index (χ2v) is 2.06. The lowest BCUT2D eigenvalue weighted by molar-refractivity contribution is -0.108. The number of aldehydes is 1. The number of halogens is 2. The van der Waals surface area contributed by atoms with Crippen molar-refractivity contribution in [1.29, 1.82) is 0 Å². The van der Waals surface area contributed by atoms with E-state index in [4.69, 9.17) is 0 Å². The van der Waals surface area contributed by atoms with E-state index in [2.05, 4.69) is 0 Å². The van der Waals surface area contributed by atoms with Crippen LogP contribution in [0.2, 0.25) is 0 Å². The summed E-state index contributed by atoms with van der Waals surface area (Å²) in [6.07, 6.45) is 0.477. The summed E-state index contributed by atoms with van der Waals surface area (Å²) >= 11 is 0. The summed E-state index contributed by atoms with van der Waals surface area (Å²) < 4.78 is 23.6. The van der Waals surface area contributed by atoms with Crippen LogP contribution in [-0.4, -0.2) is 12.2 Å². The summed E-state index contributed by atoms with van der Waals surface area (Å²) in [5.41, 5.74) is 0. The Labute approximate surface area is 45.7 Å². The molecule has 0 aromatic heterocycles. The molecule has 1 aliphatic carbocycles. The van der Waals surface area contributed by atoms with E-state index in [1.165, 1.54) is 0 Å². The lowest BCUT2D eigenvalue weighted by Gasteiger charge is -1.86. The Bertz CT molecular complexity index is 111. The normalized spacial score (nSPS) is 32.0. The van der Waals surface area contributed by atoms with Crippen molar-refractivity contribution in [3.05, 3.63) is 0 Å². The summed E-state index contributed by atoms with van der Waals surface area (Å²) in [6.45, 7) is 0. The predicted octanol–water partition coefficient (Wildman–Crippen LogP) is 1.23. The Kier molecular flexibility index (Phi) is 1.06. The van der Waals surface area contributed by atoms with Crippen molar-refractivity contribution in [3.63, 3.8) is 0 Å². The number of carbonyl (C=O) groups is 1. The van der Waals surface area contributed by atoms with Crippen molar-refractivity contribution in [2.75, 3.05) is 0 Å². The lowest BCUT2D eigenvalue weighted by Crippen LogP contribution is -1.92. The maximum Gasteiger partial charge on any atom is 0.252 e. The van der Waals surface area contributed by atoms with E-state index in [1.807, 2.05) is 0 Å². The van der Waals surface area contributed by atoms with Crippen LogP contribution in [0.5, 0.6) is 0 Å². The molecule has 1 aliphatic rings. The van der Waals surface area contributed by atoms with Gasteiger partial charge in [-0.05, 0) is 0 Å². The van der Waals surface area contributed by atoms with Crippen LogP contribution in [0.15, 0.2) is 0 Å². The van der Waals surface area contributed by atoms with Gasteiger partial charge in [0.2, 0.25) is 0 Å². The number of rotatable bonds is 2. The predicted molar refractivity (Wildman–Crippen MR) is 23.7 cm³/mol. The molecule has 46 valence electrons. The van der Waals surface area contributed by atoms with Gasteiger partial charge in [-0.25, -0.2) is 8.78 Å². The second kappa shape index (κ2) is 1.50. The van der Waals surface area contributed by atoms with Crippen molar-refractivity contribution in [2.24, 2.45) is 5.92 Å². The molecule has 0 aromatic carbocycles. The average molecular weight is 120 g/mol. The average Bonchev–Trinajstić information content (AvgIpc) is 2.15. The number of carbonyl (C=O) groups excluding carboxylic acids is 1. The molecule has 0 saturated heterocycles. The first-order valence-electron chi connectivity index (χ1n) is 2.48. The number of alkyl halides is 2. The van der Waals surface area contributed by atoms with Crippen LogP contribution < -0.4 is 0 Å². The minimum absolute atomic E-state index is 0.0208. The highest BCUT2D eigenvalue weighted by Crippen LogP contribution is 2.49. The molecule has 0 spiro atoms. The highest BCUT2D eigenvalue weighted by atomic mass is 19.3. The minimum Gasteiger partial charge on any atom is -0.303 e. The van der Waals surface area contributed by atoms with E-state index in [0.29, 0.717) is 6.29 Å². The van der Waals surface area contributed by atoms with Gasteiger partial charge in [0.05, 0.1) is 0 Å². The Morgan fingerprint density at radius 3 is 2.38 bits per heavy atom. The van der Waals surface area contributed by atoms with Crippen molar-refractivity contribution in [1.82, 2.24) is 0 Å². The molecular formula is C5H6F2O. The first kappa shape index (κ1) is 5.66. The first-order chi connectivity index (χ1) is 3.67. The van der Waals surface area contributed by atoms with Gasteiger partial charge in [0.1, 0.15) is 6.29 Å². The molecule has 1 atom stereocenters. The van der Waals surface area contributed by atoms with Crippen molar-refractivity contribution in [3.8, 4) is 0 Å². The fraction of sp³-hybridized carbons (Fsp3) is 0.800. The van der Waals surface area contributed by atoms with Gasteiger partial charge in [0, 0.05) is 18.8 Å². The molecule has 3 heteroatoms. The zero-order chi connectivity index (χ0) is 6.20. The van der Waals surface area contributed by atoms with Crippen molar-refractivity contribution in [2.45, 2.75) is 18.8 Å². The van der Waals surface area contributed by atoms with Crippen LogP contribution in [0.4, 0.5) is 8.78 Å². The molecule has 0 radical (unpaired) electrons. The third-order valence-corrected chi connectivity index (χ3v) is 1.34. The van der Waals surface area contributed by atoms with Crippen LogP contribution in [0, 0.1) is 5.92 Å². The van der Waals surface area contributed by atoms with E-state index >= 15 is 0 Å². The molecule has 0 amide bonds. The quantitative estimate of drug-likeness (QED) is 0.501. The maximum atomic E-state index is 11.8. The van der Waals surface area contributed by atoms with Crippen LogP contribution >= 0.6 is 0 Å². The van der Waals surface area contributed by atoms with Crippen molar-refractivity contribution >= 4 is 6.29 Å². The molecule has 0 unspecified atom stereocenters. The fourth-order valence-electron chi connectivity index (χ4n) is 0.642. The highest BCUT2D eigenvalue weighted by Gasteiger charge is 2.56. The summed E-state index contributed by atoms with van der Waals surface area (Å²) in [6, 6.07) is 0. The minimum atomic E-state index is -2.51. The number of hydrogen-bond donors (Lipinski definition) is 0. The van der Waals surface area contributed by atoms with E-state index in [9.17, 15) is 13.6 Å². The monoisotopic (exact) mass is 120 g/mol. The van der Waals surface area contributed by atoms with Gasteiger partial charge in [-0.15, -0.1) is 0 Å². The number of hydrogen-bond acceptors (Lipinski definition) is 1. The van der Waals surface area contributed by atoms with Gasteiger partial charge >= 0.3 is 0 Å². The molecule has 0 N–H and O–H groups in total. The Balaban J connectivity index is 2.26. The first-order valence-corrected chi connectivity index (χ1v) is 2.48. The Morgan fingerprint density at radius 2 is 2.25 bits per heavy atom. The smallest absolute Gasteiger partial charge is 0.252 e. The molecule has 1 fully saturated rings. The molecule has 8 heavy (non-hydrogen) atoms. The zero-order valence-electron chi connectivity index (χ0n) is 4.23. The Morgan fingerprint density at radius 1 is 1.75 bits per heavy atom. The molecule has 0 bridgehead atoms. The van der Waals surface area contributed by atoms with E-state index in [0.717, 1.165) is 0 Å². The summed E-state index contributed by atoms with van der Waals surface area (Å²) in [7, 11) is 0. The van der Waals surface area contributed by atoms with E-state index in [-0.39, 0.29) is 12.8 Å². The molecule has 0 aliphatic heterocycles. The van der Waals surface area contributed by atoms with E-state index in [1.54, 1.807) is 0 Å². The maximum absolute atomic E-state index is 11.8. The van der Waals surface area contributed by atoms with Gasteiger partial charge in [-0.2, -0.15) is 0 Å². The standard InChI is InChI=1S/C5H6F2O/c6-5(7)3-4(5)1-2-8/h2,4H,1,3H2/t4-/m0/s1. The molecular weight excluding hydrogens is 114 g/mol. The SMILES string of the molecule is O=CC[C@H]1CC1(F)F. The summed E-state index contributed by atoms with van der Waals surface area (Å²) in [5, 5.41) is 0. The molecule has 0 heterocycles. The van der Waals surface area contributed by atoms with Crippen molar-refractivity contribution < 1.29 is 13.6 Å². The molecule has 0 aromatic rings. The van der Waals surface area contributed by atoms with Gasteiger partial charge in [0.15, 0.2) is 0 Å². The van der Waals surface area contributed by atoms with Crippen LogP contribution in [0.1, 0.15) is 12.8 Å². The molecule has 1 saturated carbocycles. The topological polar surface area (TPSA) is 17.1 Å². The van der Waals surface area contributed by atoms with Gasteiger partial charge < -0.3 is 4.79 Å². The van der Waals surface area contributed by atoms with E-state index < -0.39 is 11.8 Å². The summed E-state index contributed by atoms with van der Waals surface area (Å²) in [5.74, 6) is -3.15. The van der Waals surface area contributed by atoms with Crippen LogP contribution in [-0.2, 0) is 4.79 Å². The Hall–Kier alpha value is -0.470. The molecule has 1 nitrogen and oxygen atoms in total. The zero-order valence-corrected chi connectivity index (χ0v) is 4.23. The van der Waals surface area contributed by atoms with Gasteiger partial charge in [-0.1, -0.05) is 0 Å². The third-order valence-electron chi connectivity index (χ3n) is 1.34. The summed E-state index contributed by atoms with van der Waals surface area (Å²) in [4.78, 5) is 9.61. The fourth-order valence-corrected chi connectivity index (χ4v) is 0.642. The van der Waals surface area contributed by atoms with Crippen LogP contribution in [0.25, 0.3) is 0 Å².